The molecule has 3 aliphatic rings. The lowest BCUT2D eigenvalue weighted by molar-refractivity contribution is -0.138. The summed E-state index contributed by atoms with van der Waals surface area (Å²) < 4.78 is 51.7. The molecule has 1 spiro atoms. The van der Waals surface area contributed by atoms with Crippen LogP contribution in [0.3, 0.4) is 0 Å². The van der Waals surface area contributed by atoms with Crippen molar-refractivity contribution in [2.75, 3.05) is 58.0 Å². The molecule has 0 radical (unpaired) electrons. The summed E-state index contributed by atoms with van der Waals surface area (Å²) in [7, 11) is 1.61. The number of hydrogen-bond donors (Lipinski definition) is 0. The number of likely N-dealkylation sites (tertiary alicyclic amines) is 1. The number of carbonyl (C=O) groups is 1. The largest absolute Gasteiger partial charge is 0.417 e. The molecule has 1 aromatic rings. The lowest BCUT2D eigenvalue weighted by atomic mass is 9.71. The molecule has 2 aliphatic heterocycles. The summed E-state index contributed by atoms with van der Waals surface area (Å²) >= 11 is 0. The number of alkyl halides is 3. The van der Waals surface area contributed by atoms with Crippen LogP contribution in [0.4, 0.5) is 18.9 Å². The molecular weight excluding hydrogens is 459 g/mol. The molecule has 1 amide bonds. The molecule has 0 saturated carbocycles. The molecule has 1 aromatic carbocycles. The van der Waals surface area contributed by atoms with Crippen molar-refractivity contribution in [1.82, 2.24) is 4.90 Å². The van der Waals surface area contributed by atoms with Gasteiger partial charge in [0.1, 0.15) is 0 Å². The van der Waals surface area contributed by atoms with Crippen molar-refractivity contribution in [3.8, 4) is 6.07 Å². The fourth-order valence-electron chi connectivity index (χ4n) is 5.70. The number of carbonyl (C=O) groups excluding carboxylic acids is 1. The van der Waals surface area contributed by atoms with Crippen molar-refractivity contribution in [2.24, 2.45) is 17.3 Å². The Labute approximate surface area is 204 Å². The number of hydrogen-bond acceptors (Lipinski definition) is 5. The van der Waals surface area contributed by atoms with Crippen LogP contribution in [0.1, 0.15) is 36.8 Å². The van der Waals surface area contributed by atoms with Gasteiger partial charge in [0.25, 0.3) is 0 Å². The third-order valence-electron chi connectivity index (χ3n) is 7.79. The molecule has 9 heteroatoms. The van der Waals surface area contributed by atoms with Crippen molar-refractivity contribution in [1.29, 1.82) is 5.26 Å². The van der Waals surface area contributed by atoms with E-state index in [9.17, 15) is 18.0 Å². The zero-order valence-electron chi connectivity index (χ0n) is 20.0. The predicted molar refractivity (Wildman–Crippen MR) is 125 cm³/mol. The number of amides is 1. The van der Waals surface area contributed by atoms with Gasteiger partial charge in [0.2, 0.25) is 5.91 Å². The molecule has 2 heterocycles. The monoisotopic (exact) mass is 491 g/mol. The number of allylic oxidation sites excluding steroid dienone is 2. The van der Waals surface area contributed by atoms with E-state index in [2.05, 4.69) is 12.2 Å². The molecule has 35 heavy (non-hydrogen) atoms. The topological polar surface area (TPSA) is 65.8 Å². The number of piperidine rings is 1. The second kappa shape index (κ2) is 10.6. The molecule has 2 fully saturated rings. The first kappa shape index (κ1) is 25.5. The maximum atomic E-state index is 13.6. The van der Waals surface area contributed by atoms with E-state index < -0.39 is 11.7 Å². The number of rotatable bonds is 7. The van der Waals surface area contributed by atoms with Crippen LogP contribution < -0.4 is 4.90 Å². The zero-order chi connectivity index (χ0) is 25.1. The highest BCUT2D eigenvalue weighted by molar-refractivity contribution is 5.79. The fourth-order valence-corrected chi connectivity index (χ4v) is 5.70. The number of methoxy groups -OCH3 is 1. The van der Waals surface area contributed by atoms with E-state index in [0.29, 0.717) is 51.7 Å². The highest BCUT2D eigenvalue weighted by Gasteiger charge is 2.49. The molecule has 2 saturated heterocycles. The highest BCUT2D eigenvalue weighted by atomic mass is 19.4. The summed E-state index contributed by atoms with van der Waals surface area (Å²) in [4.78, 5) is 16.9. The molecule has 190 valence electrons. The Hall–Kier alpha value is -2.57. The SMILES string of the molecule is COCCOCC1CN(c2ccc(C#N)c(C(F)(F)F)c2)CC12CCN(C(=O)C1CC=CC1)CC2. The van der Waals surface area contributed by atoms with Gasteiger partial charge in [-0.15, -0.1) is 0 Å². The highest BCUT2D eigenvalue weighted by Crippen LogP contribution is 2.47. The first-order chi connectivity index (χ1) is 16.8. The van der Waals surface area contributed by atoms with E-state index in [1.54, 1.807) is 19.2 Å². The first-order valence-electron chi connectivity index (χ1n) is 12.1. The van der Waals surface area contributed by atoms with Crippen LogP contribution in [0.2, 0.25) is 0 Å². The van der Waals surface area contributed by atoms with E-state index in [-0.39, 0.29) is 28.7 Å². The fraction of sp³-hybridized carbons (Fsp3) is 0.615. The van der Waals surface area contributed by atoms with Crippen molar-refractivity contribution < 1.29 is 27.4 Å². The number of nitrogens with zero attached hydrogens (tertiary/aromatic N) is 3. The Balaban J connectivity index is 1.51. The van der Waals surface area contributed by atoms with Gasteiger partial charge in [0.05, 0.1) is 37.0 Å². The van der Waals surface area contributed by atoms with Crippen LogP contribution in [-0.2, 0) is 20.4 Å². The van der Waals surface area contributed by atoms with Crippen LogP contribution in [-0.4, -0.2) is 63.9 Å². The first-order valence-corrected chi connectivity index (χ1v) is 12.1. The molecule has 4 rings (SSSR count). The number of ether oxygens (including phenoxy) is 2. The Kier molecular flexibility index (Phi) is 7.72. The smallest absolute Gasteiger partial charge is 0.382 e. The van der Waals surface area contributed by atoms with Gasteiger partial charge in [-0.3, -0.25) is 4.79 Å². The molecular formula is C26H32F3N3O3. The summed E-state index contributed by atoms with van der Waals surface area (Å²) in [5, 5.41) is 9.14. The maximum Gasteiger partial charge on any atom is 0.417 e. The van der Waals surface area contributed by atoms with Gasteiger partial charge >= 0.3 is 6.18 Å². The van der Waals surface area contributed by atoms with E-state index >= 15 is 0 Å². The van der Waals surface area contributed by atoms with Crippen molar-refractivity contribution in [3.05, 3.63) is 41.5 Å². The average molecular weight is 492 g/mol. The summed E-state index contributed by atoms with van der Waals surface area (Å²) in [6, 6.07) is 5.59. The lowest BCUT2D eigenvalue weighted by Crippen LogP contribution is -2.48. The minimum atomic E-state index is -4.60. The van der Waals surface area contributed by atoms with E-state index in [1.165, 1.54) is 6.07 Å². The zero-order valence-corrected chi connectivity index (χ0v) is 20.0. The molecule has 1 atom stereocenters. The summed E-state index contributed by atoms with van der Waals surface area (Å²) in [5.41, 5.74) is -0.963. The lowest BCUT2D eigenvalue weighted by Gasteiger charge is -2.43. The molecule has 6 nitrogen and oxygen atoms in total. The Bertz CT molecular complexity index is 972. The third kappa shape index (κ3) is 5.49. The number of anilines is 1. The molecule has 1 unspecified atom stereocenters. The Morgan fingerprint density at radius 3 is 2.54 bits per heavy atom. The summed E-state index contributed by atoms with van der Waals surface area (Å²) in [6.07, 6.45) is 2.69. The van der Waals surface area contributed by atoms with Gasteiger partial charge in [-0.1, -0.05) is 12.2 Å². The van der Waals surface area contributed by atoms with E-state index in [0.717, 1.165) is 31.7 Å². The number of halogens is 3. The maximum absolute atomic E-state index is 13.6. The van der Waals surface area contributed by atoms with E-state index in [1.807, 2.05) is 9.80 Å². The van der Waals surface area contributed by atoms with Crippen molar-refractivity contribution in [2.45, 2.75) is 31.9 Å². The van der Waals surface area contributed by atoms with Crippen molar-refractivity contribution in [3.63, 3.8) is 0 Å². The van der Waals surface area contributed by atoms with Gasteiger partial charge in [-0.2, -0.15) is 18.4 Å². The van der Waals surface area contributed by atoms with Gasteiger partial charge in [0.15, 0.2) is 0 Å². The average Bonchev–Trinajstić information content (AvgIpc) is 3.50. The van der Waals surface area contributed by atoms with Crippen LogP contribution >= 0.6 is 0 Å². The standard InChI is InChI=1S/C26H32F3N3O3/c1-34-12-13-35-17-21-16-32(22-7-6-20(15-30)23(14-22)26(27,28)29)18-25(21)8-10-31(11-9-25)24(33)19-4-2-3-5-19/h2-3,6-7,14,19,21H,4-5,8-13,16-18H2,1H3. The van der Waals surface area contributed by atoms with Crippen LogP contribution in [0.15, 0.2) is 30.4 Å². The van der Waals surface area contributed by atoms with Crippen molar-refractivity contribution >= 4 is 11.6 Å². The normalized spacial score (nSPS) is 22.2. The Morgan fingerprint density at radius 2 is 1.91 bits per heavy atom. The summed E-state index contributed by atoms with van der Waals surface area (Å²) in [5.74, 6) is 0.362. The van der Waals surface area contributed by atoms with Gasteiger partial charge in [-0.25, -0.2) is 0 Å². The second-order valence-corrected chi connectivity index (χ2v) is 9.81. The Morgan fingerprint density at radius 1 is 1.20 bits per heavy atom. The number of nitriles is 1. The minimum Gasteiger partial charge on any atom is -0.382 e. The van der Waals surface area contributed by atoms with Crippen LogP contribution in [0, 0.1) is 28.6 Å². The quantitative estimate of drug-likeness (QED) is 0.422. The third-order valence-corrected chi connectivity index (χ3v) is 7.79. The van der Waals surface area contributed by atoms with Gasteiger partial charge in [-0.05, 0) is 49.3 Å². The molecule has 0 aromatic heterocycles. The second-order valence-electron chi connectivity index (χ2n) is 9.81. The molecule has 0 N–H and O–H groups in total. The minimum absolute atomic E-state index is 0.0386. The number of benzene rings is 1. The van der Waals surface area contributed by atoms with Crippen LogP contribution in [0.25, 0.3) is 0 Å². The summed E-state index contributed by atoms with van der Waals surface area (Å²) in [6.45, 7) is 3.89. The van der Waals surface area contributed by atoms with E-state index in [4.69, 9.17) is 14.7 Å². The predicted octanol–water partition coefficient (Wildman–Crippen LogP) is 4.25. The van der Waals surface area contributed by atoms with Gasteiger partial charge in [0, 0.05) is 50.8 Å². The van der Waals surface area contributed by atoms with Crippen LogP contribution in [0.5, 0.6) is 0 Å². The molecule has 1 aliphatic carbocycles. The van der Waals surface area contributed by atoms with Gasteiger partial charge < -0.3 is 19.3 Å². The molecule has 0 bridgehead atoms.